The molecule has 0 aromatic carbocycles. The number of unbranched alkanes of at least 4 members (excludes halogenated alkanes) is 9. The van der Waals surface area contributed by atoms with Gasteiger partial charge in [-0.25, -0.2) is 0 Å². The highest BCUT2D eigenvalue weighted by molar-refractivity contribution is 5.69. The molecule has 8 nitrogen and oxygen atoms in total. The first-order valence-electron chi connectivity index (χ1n) is 18.3. The number of rotatable bonds is 20. The number of allylic oxidation sites excluding steroid dienone is 1. The summed E-state index contributed by atoms with van der Waals surface area (Å²) >= 11 is 0. The van der Waals surface area contributed by atoms with Crippen molar-refractivity contribution in [3.63, 3.8) is 0 Å². The monoisotopic (exact) mass is 651 g/mol. The highest BCUT2D eigenvalue weighted by Gasteiger charge is 2.49. The predicted octanol–water partition coefficient (Wildman–Crippen LogP) is 9.60. The molecule has 268 valence electrons. The number of hydroxylamine groups is 4. The zero-order valence-electron chi connectivity index (χ0n) is 31.4. The van der Waals surface area contributed by atoms with Crippen molar-refractivity contribution in [2.75, 3.05) is 7.11 Å². The lowest BCUT2D eigenvalue weighted by Gasteiger charge is -2.53. The molecular formula is C38H70N2O6. The molecule has 2 aliphatic heterocycles. The van der Waals surface area contributed by atoms with Gasteiger partial charge < -0.3 is 19.1 Å². The Morgan fingerprint density at radius 3 is 1.33 bits per heavy atom. The number of nitrogens with zero attached hydrogens (tertiary/aromatic N) is 2. The van der Waals surface area contributed by atoms with Crippen LogP contribution in [0.15, 0.2) is 12.3 Å². The number of ether oxygens (including phenoxy) is 2. The van der Waals surface area contributed by atoms with Crippen molar-refractivity contribution >= 4 is 11.9 Å². The number of hydrogen-bond acceptors (Lipinski definition) is 8. The maximum atomic E-state index is 12.7. The smallest absolute Gasteiger partial charge is 0.306 e. The molecule has 0 spiro atoms. The Balaban J connectivity index is 1.61. The first-order chi connectivity index (χ1) is 21.4. The second kappa shape index (κ2) is 18.2. The van der Waals surface area contributed by atoms with Crippen LogP contribution in [0.5, 0.6) is 0 Å². The molecule has 8 heteroatoms. The first-order valence-corrected chi connectivity index (χ1v) is 18.3. The van der Waals surface area contributed by atoms with Crippen molar-refractivity contribution < 1.29 is 28.7 Å². The predicted molar refractivity (Wildman–Crippen MR) is 186 cm³/mol. The minimum atomic E-state index is -0.279. The Morgan fingerprint density at radius 2 is 0.935 bits per heavy atom. The molecule has 0 atom stereocenters. The number of esters is 2. The van der Waals surface area contributed by atoms with E-state index in [-0.39, 0.29) is 46.3 Å². The van der Waals surface area contributed by atoms with Gasteiger partial charge in [-0.1, -0.05) is 64.9 Å². The van der Waals surface area contributed by atoms with Gasteiger partial charge >= 0.3 is 11.9 Å². The first kappa shape index (κ1) is 40.5. The molecule has 0 aliphatic carbocycles. The molecule has 46 heavy (non-hydrogen) atoms. The Kier molecular flexibility index (Phi) is 16.0. The molecule has 2 heterocycles. The minimum absolute atomic E-state index is 0.0865. The van der Waals surface area contributed by atoms with Crippen LogP contribution in [0.3, 0.4) is 0 Å². The molecule has 2 fully saturated rings. The molecule has 0 saturated carbocycles. The topological polar surface area (TPSA) is 77.5 Å². The zero-order chi connectivity index (χ0) is 34.6. The van der Waals surface area contributed by atoms with Gasteiger partial charge in [0.15, 0.2) is 0 Å². The van der Waals surface area contributed by atoms with Crippen molar-refractivity contribution in [1.29, 1.82) is 0 Å². The van der Waals surface area contributed by atoms with Gasteiger partial charge in [0.25, 0.3) is 0 Å². The molecule has 0 radical (unpaired) electrons. The molecule has 0 unspecified atom stereocenters. The average Bonchev–Trinajstić information content (AvgIpc) is 2.90. The van der Waals surface area contributed by atoms with Gasteiger partial charge in [0.05, 0.1) is 18.2 Å². The van der Waals surface area contributed by atoms with Gasteiger partial charge in [0, 0.05) is 56.0 Å². The van der Waals surface area contributed by atoms with Gasteiger partial charge in [-0.2, -0.15) is 5.06 Å². The van der Waals surface area contributed by atoms with Gasteiger partial charge in [0.2, 0.25) is 0 Å². The number of carbonyl (C=O) groups excluding carboxylic acids is 2. The third kappa shape index (κ3) is 13.1. The molecule has 0 N–H and O–H groups in total. The van der Waals surface area contributed by atoms with Crippen LogP contribution in [0.1, 0.15) is 178 Å². The van der Waals surface area contributed by atoms with E-state index in [9.17, 15) is 9.59 Å². The molecule has 2 saturated heterocycles. The van der Waals surface area contributed by atoms with Crippen molar-refractivity contribution in [2.45, 2.75) is 212 Å². The van der Waals surface area contributed by atoms with Crippen molar-refractivity contribution in [3.05, 3.63) is 12.3 Å². The molecule has 0 amide bonds. The highest BCUT2D eigenvalue weighted by Crippen LogP contribution is 2.41. The third-order valence-electron chi connectivity index (χ3n) is 9.68. The Hall–Kier alpha value is -1.64. The van der Waals surface area contributed by atoms with Gasteiger partial charge in [0.1, 0.15) is 18.0 Å². The van der Waals surface area contributed by atoms with Crippen LogP contribution in [-0.2, 0) is 28.7 Å². The molecule has 2 aliphatic rings. The van der Waals surface area contributed by atoms with Gasteiger partial charge in [-0.15, -0.1) is 5.06 Å². The lowest BCUT2D eigenvalue weighted by Crippen LogP contribution is -2.61. The summed E-state index contributed by atoms with van der Waals surface area (Å²) in [5.41, 5.74) is -0.954. The van der Waals surface area contributed by atoms with Crippen LogP contribution in [0.4, 0.5) is 0 Å². The van der Waals surface area contributed by atoms with E-state index in [1.807, 2.05) is 5.06 Å². The fourth-order valence-electron chi connectivity index (χ4n) is 8.09. The van der Waals surface area contributed by atoms with Crippen LogP contribution in [0, 0.1) is 0 Å². The second-order valence-electron chi connectivity index (χ2n) is 16.5. The lowest BCUT2D eigenvalue weighted by atomic mass is 9.80. The second-order valence-corrected chi connectivity index (χ2v) is 16.5. The van der Waals surface area contributed by atoms with E-state index < -0.39 is 0 Å². The summed E-state index contributed by atoms with van der Waals surface area (Å²) in [6.07, 6.45) is 16.5. The number of hydrogen-bond donors (Lipinski definition) is 0. The molecule has 0 bridgehead atoms. The van der Waals surface area contributed by atoms with E-state index in [1.165, 1.54) is 25.7 Å². The molecule has 0 aromatic heterocycles. The van der Waals surface area contributed by atoms with Crippen LogP contribution < -0.4 is 0 Å². The molecule has 2 rings (SSSR count). The summed E-state index contributed by atoms with van der Waals surface area (Å²) in [4.78, 5) is 37.3. The van der Waals surface area contributed by atoms with Gasteiger partial charge in [-0.05, 0) is 74.7 Å². The van der Waals surface area contributed by atoms with Crippen LogP contribution in [0.25, 0.3) is 0 Å². The fourth-order valence-corrected chi connectivity index (χ4v) is 8.09. The Morgan fingerprint density at radius 1 is 0.587 bits per heavy atom. The van der Waals surface area contributed by atoms with E-state index in [0.29, 0.717) is 12.8 Å². The van der Waals surface area contributed by atoms with E-state index in [1.54, 1.807) is 7.11 Å². The van der Waals surface area contributed by atoms with E-state index in [2.05, 4.69) is 74.0 Å². The summed E-state index contributed by atoms with van der Waals surface area (Å²) in [6, 6.07) is 0. The quantitative estimate of drug-likeness (QED) is 0.0732. The van der Waals surface area contributed by atoms with Crippen molar-refractivity contribution in [2.24, 2.45) is 0 Å². The maximum Gasteiger partial charge on any atom is 0.306 e. The SMILES string of the molecule is C=C(CCCCCCC)ON1C(C)(C)CC(OC(=O)CCCCCCCCC(=O)OC2CC(C)(C)N(OC)C(C)(C)C2)CC1(C)C. The molecular weight excluding hydrogens is 580 g/mol. The third-order valence-corrected chi connectivity index (χ3v) is 9.68. The minimum Gasteiger partial charge on any atom is -0.462 e. The Labute approximate surface area is 282 Å². The zero-order valence-corrected chi connectivity index (χ0v) is 31.4. The maximum absolute atomic E-state index is 12.7. The normalized spacial score (nSPS) is 21.5. The van der Waals surface area contributed by atoms with Crippen molar-refractivity contribution in [1.82, 2.24) is 10.1 Å². The number of piperidine rings is 2. The Bertz CT molecular complexity index is 923. The van der Waals surface area contributed by atoms with Crippen LogP contribution >= 0.6 is 0 Å². The molecule has 0 aromatic rings. The number of carbonyl (C=O) groups is 2. The summed E-state index contributed by atoms with van der Waals surface area (Å²) in [7, 11) is 1.71. The standard InChI is InChI=1S/C38H70N2O6/c1-12-13-14-17-20-23-30(2)46-40-37(7,8)28-32(29-38(40,9)10)45-34(42)25-22-19-16-15-18-21-24-33(41)44-31-26-35(3,4)39(43-11)36(5,6)27-31/h31-32H,2,12-29H2,1,3-11H3. The van der Waals surface area contributed by atoms with Crippen molar-refractivity contribution in [3.8, 4) is 0 Å². The summed E-state index contributed by atoms with van der Waals surface area (Å²) in [5, 5.41) is 4.12. The highest BCUT2D eigenvalue weighted by atomic mass is 16.7. The van der Waals surface area contributed by atoms with Gasteiger partial charge in [-0.3, -0.25) is 9.59 Å². The summed E-state index contributed by atoms with van der Waals surface area (Å²) < 4.78 is 11.9. The lowest BCUT2D eigenvalue weighted by molar-refractivity contribution is -0.278. The fraction of sp³-hybridized carbons (Fsp3) is 0.895. The van der Waals surface area contributed by atoms with E-state index in [4.69, 9.17) is 19.1 Å². The summed E-state index contributed by atoms with van der Waals surface area (Å²) in [6.45, 7) is 23.6. The van der Waals surface area contributed by atoms with E-state index in [0.717, 1.165) is 82.8 Å². The van der Waals surface area contributed by atoms with E-state index >= 15 is 0 Å². The van der Waals surface area contributed by atoms with Crippen LogP contribution in [0.2, 0.25) is 0 Å². The largest absolute Gasteiger partial charge is 0.462 e. The van der Waals surface area contributed by atoms with Crippen LogP contribution in [-0.4, -0.2) is 63.5 Å². The average molecular weight is 651 g/mol. The summed E-state index contributed by atoms with van der Waals surface area (Å²) in [5.74, 6) is 0.616.